The number of sulfonamides is 1. The van der Waals surface area contributed by atoms with Gasteiger partial charge in [0.2, 0.25) is 0 Å². The van der Waals surface area contributed by atoms with E-state index < -0.39 is 15.8 Å². The van der Waals surface area contributed by atoms with Crippen molar-refractivity contribution in [3.05, 3.63) is 65.4 Å². The standard InChI is InChI=1S/C21H18FN3O3S2/c1-12-10-13(6-7-17(12)28-2)30(26,27)25-16-5-3-4-14(20(16)22)15-11-29-18-8-9-24-21(23)19(15)18/h3-11,25H,1-2H3,(H2,23,24). The van der Waals surface area contributed by atoms with E-state index in [0.717, 1.165) is 4.70 Å². The number of pyridine rings is 1. The number of nitrogens with zero attached hydrogens (tertiary/aromatic N) is 1. The van der Waals surface area contributed by atoms with Crippen molar-refractivity contribution < 1.29 is 17.5 Å². The van der Waals surface area contributed by atoms with Crippen molar-refractivity contribution in [1.29, 1.82) is 0 Å². The molecule has 154 valence electrons. The van der Waals surface area contributed by atoms with Gasteiger partial charge in [-0.3, -0.25) is 4.72 Å². The number of methoxy groups -OCH3 is 1. The van der Waals surface area contributed by atoms with Gasteiger partial charge in [-0.15, -0.1) is 11.3 Å². The molecule has 2 aromatic carbocycles. The molecule has 0 aliphatic carbocycles. The third kappa shape index (κ3) is 3.46. The topological polar surface area (TPSA) is 94.3 Å². The van der Waals surface area contributed by atoms with Gasteiger partial charge in [0.25, 0.3) is 10.0 Å². The van der Waals surface area contributed by atoms with Crippen LogP contribution in [0.3, 0.4) is 0 Å². The second kappa shape index (κ2) is 7.58. The number of halogens is 1. The largest absolute Gasteiger partial charge is 0.496 e. The van der Waals surface area contributed by atoms with Crippen LogP contribution in [-0.2, 0) is 10.0 Å². The Kier molecular flexibility index (Phi) is 5.08. The lowest BCUT2D eigenvalue weighted by Gasteiger charge is -2.13. The molecule has 9 heteroatoms. The first-order valence-electron chi connectivity index (χ1n) is 8.90. The fourth-order valence-electron chi connectivity index (χ4n) is 3.25. The first-order chi connectivity index (χ1) is 14.3. The summed E-state index contributed by atoms with van der Waals surface area (Å²) in [5.74, 6) is 0.176. The second-order valence-corrected chi connectivity index (χ2v) is 9.22. The lowest BCUT2D eigenvalue weighted by Crippen LogP contribution is -2.14. The van der Waals surface area contributed by atoms with E-state index in [4.69, 9.17) is 10.5 Å². The van der Waals surface area contributed by atoms with E-state index in [0.29, 0.717) is 28.1 Å². The zero-order chi connectivity index (χ0) is 21.5. The maximum Gasteiger partial charge on any atom is 0.262 e. The van der Waals surface area contributed by atoms with Gasteiger partial charge in [-0.05, 0) is 42.8 Å². The Morgan fingerprint density at radius 2 is 1.97 bits per heavy atom. The van der Waals surface area contributed by atoms with Crippen molar-refractivity contribution in [3.63, 3.8) is 0 Å². The van der Waals surface area contributed by atoms with Crippen LogP contribution in [0.4, 0.5) is 15.9 Å². The van der Waals surface area contributed by atoms with Gasteiger partial charge in [-0.25, -0.2) is 17.8 Å². The van der Waals surface area contributed by atoms with E-state index in [1.54, 1.807) is 42.8 Å². The first kappa shape index (κ1) is 20.1. The molecule has 3 N–H and O–H groups in total. The van der Waals surface area contributed by atoms with Crippen molar-refractivity contribution >= 4 is 43.0 Å². The molecule has 0 bridgehead atoms. The summed E-state index contributed by atoms with van der Waals surface area (Å²) >= 11 is 1.42. The zero-order valence-corrected chi connectivity index (χ0v) is 17.8. The number of benzene rings is 2. The Morgan fingerprint density at radius 1 is 1.17 bits per heavy atom. The molecule has 0 spiro atoms. The quantitative estimate of drug-likeness (QED) is 0.462. The molecular formula is C21H18FN3O3S2. The Bertz CT molecular complexity index is 1370. The van der Waals surface area contributed by atoms with Gasteiger partial charge < -0.3 is 10.5 Å². The Morgan fingerprint density at radius 3 is 2.70 bits per heavy atom. The molecule has 0 radical (unpaired) electrons. The molecule has 0 unspecified atom stereocenters. The summed E-state index contributed by atoms with van der Waals surface area (Å²) in [6, 6.07) is 10.8. The van der Waals surface area contributed by atoms with Gasteiger partial charge in [-0.2, -0.15) is 0 Å². The fraction of sp³-hybridized carbons (Fsp3) is 0.0952. The van der Waals surface area contributed by atoms with Gasteiger partial charge in [0, 0.05) is 32.8 Å². The minimum absolute atomic E-state index is 0.0139. The number of fused-ring (bicyclic) bond motifs is 1. The third-order valence-electron chi connectivity index (χ3n) is 4.72. The van der Waals surface area contributed by atoms with E-state index in [2.05, 4.69) is 9.71 Å². The van der Waals surface area contributed by atoms with Gasteiger partial charge in [0.1, 0.15) is 11.6 Å². The SMILES string of the molecule is COc1ccc(S(=O)(=O)Nc2cccc(-c3csc4ccnc(N)c34)c2F)cc1C. The maximum atomic E-state index is 15.3. The molecular weight excluding hydrogens is 425 g/mol. The summed E-state index contributed by atoms with van der Waals surface area (Å²) in [6.45, 7) is 1.74. The van der Waals surface area contributed by atoms with Crippen molar-refractivity contribution in [2.24, 2.45) is 0 Å². The number of thiophene rings is 1. The number of hydrogen-bond acceptors (Lipinski definition) is 6. The summed E-state index contributed by atoms with van der Waals surface area (Å²) in [4.78, 5) is 4.09. The van der Waals surface area contributed by atoms with Crippen molar-refractivity contribution in [2.45, 2.75) is 11.8 Å². The van der Waals surface area contributed by atoms with Crippen molar-refractivity contribution in [1.82, 2.24) is 4.98 Å². The molecule has 0 aliphatic heterocycles. The highest BCUT2D eigenvalue weighted by Crippen LogP contribution is 2.39. The second-order valence-electron chi connectivity index (χ2n) is 6.62. The lowest BCUT2D eigenvalue weighted by atomic mass is 10.0. The highest BCUT2D eigenvalue weighted by molar-refractivity contribution is 7.92. The molecule has 6 nitrogen and oxygen atoms in total. The van der Waals surface area contributed by atoms with Crippen LogP contribution in [0.5, 0.6) is 5.75 Å². The molecule has 0 atom stereocenters. The van der Waals surface area contributed by atoms with E-state index >= 15 is 4.39 Å². The van der Waals surface area contributed by atoms with Gasteiger partial charge >= 0.3 is 0 Å². The Labute approximate surface area is 177 Å². The van der Waals surface area contributed by atoms with Crippen LogP contribution < -0.4 is 15.2 Å². The summed E-state index contributed by atoms with van der Waals surface area (Å²) < 4.78 is 49.4. The molecule has 30 heavy (non-hydrogen) atoms. The average molecular weight is 444 g/mol. The monoisotopic (exact) mass is 443 g/mol. The normalized spacial score (nSPS) is 11.6. The van der Waals surface area contributed by atoms with E-state index in [-0.39, 0.29) is 16.1 Å². The number of rotatable bonds is 5. The first-order valence-corrected chi connectivity index (χ1v) is 11.3. The third-order valence-corrected chi connectivity index (χ3v) is 7.04. The molecule has 0 aliphatic rings. The summed E-state index contributed by atoms with van der Waals surface area (Å²) in [5.41, 5.74) is 7.31. The highest BCUT2D eigenvalue weighted by Gasteiger charge is 2.21. The number of ether oxygens (including phenoxy) is 1. The predicted octanol–water partition coefficient (Wildman–Crippen LogP) is 4.80. The average Bonchev–Trinajstić information content (AvgIpc) is 3.15. The predicted molar refractivity (Wildman–Crippen MR) is 118 cm³/mol. The molecule has 2 aromatic heterocycles. The number of anilines is 2. The number of nitrogen functional groups attached to an aromatic ring is 1. The Hall–Kier alpha value is -3.17. The molecule has 0 saturated heterocycles. The molecule has 2 heterocycles. The summed E-state index contributed by atoms with van der Waals surface area (Å²) in [6.07, 6.45) is 1.59. The fourth-order valence-corrected chi connectivity index (χ4v) is 5.35. The van der Waals surface area contributed by atoms with E-state index in [9.17, 15) is 8.42 Å². The molecule has 0 fully saturated rings. The number of aryl methyl sites for hydroxylation is 1. The highest BCUT2D eigenvalue weighted by atomic mass is 32.2. The van der Waals surface area contributed by atoms with Crippen LogP contribution in [0.2, 0.25) is 0 Å². The lowest BCUT2D eigenvalue weighted by molar-refractivity contribution is 0.411. The maximum absolute atomic E-state index is 15.3. The summed E-state index contributed by atoms with van der Waals surface area (Å²) in [7, 11) is -2.49. The van der Waals surface area contributed by atoms with E-state index in [1.807, 2.05) is 0 Å². The van der Waals surface area contributed by atoms with Crippen LogP contribution in [-0.4, -0.2) is 20.5 Å². The minimum Gasteiger partial charge on any atom is -0.496 e. The van der Waals surface area contributed by atoms with E-state index in [1.165, 1.54) is 36.6 Å². The van der Waals surface area contributed by atoms with Crippen LogP contribution in [0.25, 0.3) is 21.2 Å². The number of aromatic nitrogens is 1. The van der Waals surface area contributed by atoms with Crippen LogP contribution >= 0.6 is 11.3 Å². The number of nitrogens with two attached hydrogens (primary N) is 1. The van der Waals surface area contributed by atoms with Crippen LogP contribution in [0, 0.1) is 12.7 Å². The number of nitrogens with one attached hydrogen (secondary N) is 1. The van der Waals surface area contributed by atoms with Gasteiger partial charge in [0.05, 0.1) is 17.7 Å². The Balaban J connectivity index is 1.76. The molecule has 4 rings (SSSR count). The molecule has 0 amide bonds. The van der Waals surface area contributed by atoms with Crippen LogP contribution in [0.15, 0.2) is 58.9 Å². The zero-order valence-electron chi connectivity index (χ0n) is 16.1. The van der Waals surface area contributed by atoms with Gasteiger partial charge in [-0.1, -0.05) is 12.1 Å². The minimum atomic E-state index is -4.00. The van der Waals surface area contributed by atoms with Crippen molar-refractivity contribution in [3.8, 4) is 16.9 Å². The summed E-state index contributed by atoms with van der Waals surface area (Å²) in [5, 5.41) is 2.43. The molecule has 0 saturated carbocycles. The van der Waals surface area contributed by atoms with Crippen LogP contribution in [0.1, 0.15) is 5.56 Å². The van der Waals surface area contributed by atoms with Crippen molar-refractivity contribution in [2.75, 3.05) is 17.6 Å². The molecule has 4 aromatic rings. The van der Waals surface area contributed by atoms with Gasteiger partial charge in [0.15, 0.2) is 5.82 Å². The number of hydrogen-bond donors (Lipinski definition) is 2. The smallest absolute Gasteiger partial charge is 0.262 e.